The number of amides is 1. The van der Waals surface area contributed by atoms with Crippen LogP contribution < -0.4 is 10.4 Å². The number of aliphatic carboxylic acids is 1. The molecule has 0 aromatic rings. The van der Waals surface area contributed by atoms with Gasteiger partial charge in [0, 0.05) is 18.4 Å². The topological polar surface area (TPSA) is 69.2 Å². The third-order valence-corrected chi connectivity index (χ3v) is 3.86. The molecule has 0 unspecified atom stereocenters. The second kappa shape index (κ2) is 4.90. The normalized spacial score (nSPS) is 33.9. The molecule has 1 fully saturated rings. The van der Waals surface area contributed by atoms with E-state index in [0.717, 1.165) is 19.3 Å². The zero-order chi connectivity index (χ0) is 12.4. The van der Waals surface area contributed by atoms with Crippen LogP contribution in [0.1, 0.15) is 26.2 Å². The molecule has 0 spiro atoms. The SMILES string of the molecule is CCCCNC(=O)[C@H]1[C@@H](C(=O)[O-])[C@H]2C=C[C@H]1C2. The van der Waals surface area contributed by atoms with Gasteiger partial charge in [0.2, 0.25) is 5.91 Å². The summed E-state index contributed by atoms with van der Waals surface area (Å²) in [5, 5.41) is 13.9. The van der Waals surface area contributed by atoms with Crippen molar-refractivity contribution in [2.45, 2.75) is 26.2 Å². The maximum atomic E-state index is 12.0. The van der Waals surface area contributed by atoms with Gasteiger partial charge in [0.05, 0.1) is 5.92 Å². The molecule has 0 radical (unpaired) electrons. The number of hydrogen-bond acceptors (Lipinski definition) is 3. The van der Waals surface area contributed by atoms with Crippen molar-refractivity contribution in [1.82, 2.24) is 5.32 Å². The quantitative estimate of drug-likeness (QED) is 0.543. The minimum Gasteiger partial charge on any atom is -0.550 e. The number of carbonyl (C=O) groups excluding carboxylic acids is 2. The molecule has 0 aromatic heterocycles. The molecule has 94 valence electrons. The predicted molar refractivity (Wildman–Crippen MR) is 60.6 cm³/mol. The smallest absolute Gasteiger partial charge is 0.224 e. The first-order chi connectivity index (χ1) is 8.15. The number of rotatable bonds is 5. The Kier molecular flexibility index (Phi) is 3.50. The zero-order valence-corrected chi connectivity index (χ0v) is 10.0. The van der Waals surface area contributed by atoms with Crippen molar-refractivity contribution in [2.24, 2.45) is 23.7 Å². The van der Waals surface area contributed by atoms with Gasteiger partial charge in [-0.15, -0.1) is 0 Å². The number of hydrogen-bond donors (Lipinski definition) is 1. The summed E-state index contributed by atoms with van der Waals surface area (Å²) in [6.07, 6.45) is 6.62. The molecule has 2 rings (SSSR count). The fourth-order valence-electron chi connectivity index (χ4n) is 3.01. The highest BCUT2D eigenvalue weighted by molar-refractivity contribution is 5.86. The van der Waals surface area contributed by atoms with Crippen LogP contribution in [-0.4, -0.2) is 18.4 Å². The molecule has 2 aliphatic rings. The molecule has 4 heteroatoms. The molecule has 4 nitrogen and oxygen atoms in total. The number of carboxylic acids is 1. The third kappa shape index (κ3) is 2.21. The number of nitrogens with one attached hydrogen (secondary N) is 1. The summed E-state index contributed by atoms with van der Waals surface area (Å²) in [5.74, 6) is -2.18. The lowest BCUT2D eigenvalue weighted by molar-refractivity contribution is -0.313. The van der Waals surface area contributed by atoms with E-state index in [4.69, 9.17) is 0 Å². The fraction of sp³-hybridized carbons (Fsp3) is 0.692. The van der Waals surface area contributed by atoms with Crippen LogP contribution in [-0.2, 0) is 9.59 Å². The second-order valence-corrected chi connectivity index (χ2v) is 4.96. The van der Waals surface area contributed by atoms with E-state index in [0.29, 0.717) is 6.54 Å². The van der Waals surface area contributed by atoms with Crippen LogP contribution in [0.5, 0.6) is 0 Å². The number of carbonyl (C=O) groups is 2. The third-order valence-electron chi connectivity index (χ3n) is 3.86. The van der Waals surface area contributed by atoms with Crippen molar-refractivity contribution in [3.05, 3.63) is 12.2 Å². The summed E-state index contributed by atoms with van der Waals surface area (Å²) in [6, 6.07) is 0. The van der Waals surface area contributed by atoms with Crippen molar-refractivity contribution < 1.29 is 14.7 Å². The van der Waals surface area contributed by atoms with Crippen molar-refractivity contribution >= 4 is 11.9 Å². The lowest BCUT2D eigenvalue weighted by Gasteiger charge is -2.27. The van der Waals surface area contributed by atoms with Crippen LogP contribution in [0, 0.1) is 23.7 Å². The predicted octanol–water partition coefficient (Wildman–Crippen LogP) is 0.0909. The molecule has 1 saturated carbocycles. The Labute approximate surface area is 101 Å². The van der Waals surface area contributed by atoms with E-state index in [2.05, 4.69) is 12.2 Å². The Balaban J connectivity index is 2.01. The summed E-state index contributed by atoms with van der Waals surface area (Å²) in [6.45, 7) is 2.68. The second-order valence-electron chi connectivity index (χ2n) is 4.96. The molecule has 1 amide bonds. The average Bonchev–Trinajstić information content (AvgIpc) is 2.88. The molecule has 2 bridgehead atoms. The summed E-state index contributed by atoms with van der Waals surface area (Å²) in [4.78, 5) is 23.1. The van der Waals surface area contributed by atoms with E-state index in [-0.39, 0.29) is 17.7 Å². The minimum atomic E-state index is -1.09. The van der Waals surface area contributed by atoms with Crippen molar-refractivity contribution in [2.75, 3.05) is 6.54 Å². The highest BCUT2D eigenvalue weighted by Crippen LogP contribution is 2.47. The molecule has 0 heterocycles. The molecule has 0 aliphatic heterocycles. The summed E-state index contributed by atoms with van der Waals surface area (Å²) < 4.78 is 0. The standard InChI is InChI=1S/C13H19NO3/c1-2-3-6-14-12(15)10-8-4-5-9(7-8)11(10)13(16)17/h4-5,8-11H,2-3,6-7H2,1H3,(H,14,15)(H,16,17)/p-1/t8-,9-,10+,11-/m0/s1. The van der Waals surface area contributed by atoms with Crippen LogP contribution in [0.2, 0.25) is 0 Å². The van der Waals surface area contributed by atoms with Crippen molar-refractivity contribution in [3.63, 3.8) is 0 Å². The average molecular weight is 236 g/mol. The maximum absolute atomic E-state index is 12.0. The molecule has 0 saturated heterocycles. The Morgan fingerprint density at radius 1 is 1.29 bits per heavy atom. The Morgan fingerprint density at radius 2 is 1.94 bits per heavy atom. The summed E-state index contributed by atoms with van der Waals surface area (Å²) in [5.41, 5.74) is 0. The van der Waals surface area contributed by atoms with Gasteiger partial charge in [-0.25, -0.2) is 0 Å². The van der Waals surface area contributed by atoms with Gasteiger partial charge in [0.15, 0.2) is 0 Å². The number of fused-ring (bicyclic) bond motifs is 2. The van der Waals surface area contributed by atoms with Crippen LogP contribution in [0.4, 0.5) is 0 Å². The monoisotopic (exact) mass is 236 g/mol. The largest absolute Gasteiger partial charge is 0.550 e. The van der Waals surface area contributed by atoms with Crippen LogP contribution >= 0.6 is 0 Å². The van der Waals surface area contributed by atoms with E-state index in [9.17, 15) is 14.7 Å². The lowest BCUT2D eigenvalue weighted by Crippen LogP contribution is -2.45. The molecular weight excluding hydrogens is 218 g/mol. The van der Waals surface area contributed by atoms with Gasteiger partial charge in [0.25, 0.3) is 0 Å². The van der Waals surface area contributed by atoms with Gasteiger partial charge in [-0.3, -0.25) is 4.79 Å². The van der Waals surface area contributed by atoms with Crippen molar-refractivity contribution in [1.29, 1.82) is 0 Å². The van der Waals surface area contributed by atoms with E-state index >= 15 is 0 Å². The van der Waals surface area contributed by atoms with Crippen LogP contribution in [0.15, 0.2) is 12.2 Å². The van der Waals surface area contributed by atoms with E-state index in [1.165, 1.54) is 0 Å². The van der Waals surface area contributed by atoms with Gasteiger partial charge in [-0.2, -0.15) is 0 Å². The molecular formula is C13H18NO3-. The maximum Gasteiger partial charge on any atom is 0.224 e. The first-order valence-corrected chi connectivity index (χ1v) is 6.32. The summed E-state index contributed by atoms with van der Waals surface area (Å²) >= 11 is 0. The van der Waals surface area contributed by atoms with Gasteiger partial charge in [-0.1, -0.05) is 25.5 Å². The Bertz CT molecular complexity index is 351. The molecule has 1 N–H and O–H groups in total. The molecule has 2 aliphatic carbocycles. The first kappa shape index (κ1) is 12.1. The fourth-order valence-corrected chi connectivity index (χ4v) is 3.01. The van der Waals surface area contributed by atoms with Gasteiger partial charge < -0.3 is 15.2 Å². The first-order valence-electron chi connectivity index (χ1n) is 6.32. The zero-order valence-electron chi connectivity index (χ0n) is 10.0. The lowest BCUT2D eigenvalue weighted by atomic mass is 9.82. The van der Waals surface area contributed by atoms with E-state index < -0.39 is 17.8 Å². The van der Waals surface area contributed by atoms with Gasteiger partial charge in [0.1, 0.15) is 0 Å². The summed E-state index contributed by atoms with van der Waals surface area (Å²) in [7, 11) is 0. The Hall–Kier alpha value is -1.32. The van der Waals surface area contributed by atoms with Gasteiger partial charge in [-0.05, 0) is 24.7 Å². The van der Waals surface area contributed by atoms with E-state index in [1.807, 2.05) is 12.2 Å². The minimum absolute atomic E-state index is 0.00748. The van der Waals surface area contributed by atoms with E-state index in [1.54, 1.807) is 0 Å². The molecule has 17 heavy (non-hydrogen) atoms. The van der Waals surface area contributed by atoms with Gasteiger partial charge >= 0.3 is 0 Å². The Morgan fingerprint density at radius 3 is 2.53 bits per heavy atom. The molecule has 4 atom stereocenters. The van der Waals surface area contributed by atoms with Crippen LogP contribution in [0.25, 0.3) is 0 Å². The number of carboxylic acid groups (broad SMARTS) is 1. The number of allylic oxidation sites excluding steroid dienone is 2. The highest BCUT2D eigenvalue weighted by Gasteiger charge is 2.48. The number of unbranched alkanes of at least 4 members (excludes halogenated alkanes) is 1. The molecule has 0 aromatic carbocycles. The highest BCUT2D eigenvalue weighted by atomic mass is 16.4. The van der Waals surface area contributed by atoms with Crippen LogP contribution in [0.3, 0.4) is 0 Å². The van der Waals surface area contributed by atoms with Crippen molar-refractivity contribution in [3.8, 4) is 0 Å².